The van der Waals surface area contributed by atoms with Crippen molar-refractivity contribution >= 4 is 11.9 Å². The van der Waals surface area contributed by atoms with Crippen molar-refractivity contribution in [3.8, 4) is 0 Å². The second-order valence-electron chi connectivity index (χ2n) is 7.54. The predicted molar refractivity (Wildman–Crippen MR) is 75.5 cm³/mol. The summed E-state index contributed by atoms with van der Waals surface area (Å²) in [5.41, 5.74) is -1.35. The fourth-order valence-corrected chi connectivity index (χ4v) is 1.83. The molecule has 0 aromatic carbocycles. The van der Waals surface area contributed by atoms with Crippen molar-refractivity contribution in [2.24, 2.45) is 0 Å². The maximum absolute atomic E-state index is 12.2. The van der Waals surface area contributed by atoms with Crippen molar-refractivity contribution < 1.29 is 28.5 Å². The Labute approximate surface area is 126 Å². The van der Waals surface area contributed by atoms with Crippen molar-refractivity contribution in [1.82, 2.24) is 0 Å². The Bertz CT molecular complexity index is 375. The van der Waals surface area contributed by atoms with Gasteiger partial charge in [-0.15, -0.1) is 0 Å². The van der Waals surface area contributed by atoms with Crippen LogP contribution >= 0.6 is 0 Å². The lowest BCUT2D eigenvalue weighted by Gasteiger charge is -2.25. The minimum Gasteiger partial charge on any atom is -0.458 e. The molecule has 0 aliphatic carbocycles. The molecule has 6 heteroatoms. The third-order valence-corrected chi connectivity index (χ3v) is 2.37. The van der Waals surface area contributed by atoms with Gasteiger partial charge in [0.25, 0.3) is 0 Å². The Kier molecular flexibility index (Phi) is 4.75. The van der Waals surface area contributed by atoms with Crippen LogP contribution in [0.25, 0.3) is 0 Å². The number of rotatable bonds is 2. The molecule has 0 unspecified atom stereocenters. The summed E-state index contributed by atoms with van der Waals surface area (Å²) in [5.74, 6) is -2.32. The third kappa shape index (κ3) is 5.63. The maximum atomic E-state index is 12.2. The molecule has 0 aromatic rings. The van der Waals surface area contributed by atoms with Gasteiger partial charge in [-0.1, -0.05) is 0 Å². The van der Waals surface area contributed by atoms with E-state index in [-0.39, 0.29) is 0 Å². The predicted octanol–water partition coefficient (Wildman–Crippen LogP) is 2.19. The molecule has 0 amide bonds. The summed E-state index contributed by atoms with van der Waals surface area (Å²) >= 11 is 0. The topological polar surface area (TPSA) is 71.1 Å². The highest BCUT2D eigenvalue weighted by molar-refractivity contribution is 5.86. The molecule has 6 nitrogen and oxygen atoms in total. The molecule has 1 aliphatic heterocycles. The van der Waals surface area contributed by atoms with Gasteiger partial charge in [0.1, 0.15) is 11.2 Å². The zero-order valence-electron chi connectivity index (χ0n) is 14.1. The number of hydrogen-bond donors (Lipinski definition) is 0. The monoisotopic (exact) mass is 302 g/mol. The first-order valence-electron chi connectivity index (χ1n) is 7.02. The molecule has 1 saturated heterocycles. The van der Waals surface area contributed by atoms with E-state index in [2.05, 4.69) is 0 Å². The van der Waals surface area contributed by atoms with Crippen LogP contribution in [0.4, 0.5) is 0 Å². The van der Waals surface area contributed by atoms with Crippen LogP contribution in [0.1, 0.15) is 55.4 Å². The molecular formula is C15H26O6. The maximum Gasteiger partial charge on any atom is 0.339 e. The minimum absolute atomic E-state index is 0.635. The van der Waals surface area contributed by atoms with E-state index < -0.39 is 41.1 Å². The summed E-state index contributed by atoms with van der Waals surface area (Å²) in [6, 6.07) is 0. The fourth-order valence-electron chi connectivity index (χ4n) is 1.83. The van der Waals surface area contributed by atoms with E-state index in [4.69, 9.17) is 18.9 Å². The first-order chi connectivity index (χ1) is 9.20. The molecule has 1 aliphatic rings. The van der Waals surface area contributed by atoms with Crippen LogP contribution in [0.2, 0.25) is 0 Å². The van der Waals surface area contributed by atoms with Crippen LogP contribution in [0, 0.1) is 0 Å². The zero-order valence-corrected chi connectivity index (χ0v) is 14.1. The molecule has 21 heavy (non-hydrogen) atoms. The van der Waals surface area contributed by atoms with Gasteiger partial charge >= 0.3 is 11.9 Å². The van der Waals surface area contributed by atoms with Crippen molar-refractivity contribution in [2.45, 2.75) is 84.6 Å². The fraction of sp³-hybridized carbons (Fsp3) is 0.867. The number of esters is 2. The van der Waals surface area contributed by atoms with Crippen molar-refractivity contribution in [3.63, 3.8) is 0 Å². The van der Waals surface area contributed by atoms with Gasteiger partial charge in [0.2, 0.25) is 0 Å². The SMILES string of the molecule is CC(C)(C)OC(=O)[C@H]1OC(C)(C)O[C@@H]1C(=O)OC(C)(C)C. The van der Waals surface area contributed by atoms with Crippen LogP contribution in [0.3, 0.4) is 0 Å². The van der Waals surface area contributed by atoms with Gasteiger partial charge in [0.05, 0.1) is 0 Å². The van der Waals surface area contributed by atoms with Gasteiger partial charge in [0.15, 0.2) is 18.0 Å². The van der Waals surface area contributed by atoms with Crippen molar-refractivity contribution in [3.05, 3.63) is 0 Å². The van der Waals surface area contributed by atoms with Crippen LogP contribution < -0.4 is 0 Å². The van der Waals surface area contributed by atoms with Crippen LogP contribution in [0.5, 0.6) is 0 Å². The van der Waals surface area contributed by atoms with Crippen LogP contribution in [0.15, 0.2) is 0 Å². The van der Waals surface area contributed by atoms with Gasteiger partial charge in [-0.2, -0.15) is 0 Å². The first kappa shape index (κ1) is 17.9. The molecule has 0 radical (unpaired) electrons. The average Bonchev–Trinajstić information content (AvgIpc) is 2.49. The number of hydrogen-bond acceptors (Lipinski definition) is 6. The highest BCUT2D eigenvalue weighted by atomic mass is 16.8. The molecule has 2 atom stereocenters. The van der Waals surface area contributed by atoms with E-state index in [0.29, 0.717) is 0 Å². The number of carbonyl (C=O) groups is 2. The molecule has 0 aromatic heterocycles. The second kappa shape index (κ2) is 5.57. The quantitative estimate of drug-likeness (QED) is 0.728. The van der Waals surface area contributed by atoms with Crippen LogP contribution in [-0.2, 0) is 28.5 Å². The van der Waals surface area contributed by atoms with Gasteiger partial charge in [-0.25, -0.2) is 9.59 Å². The Balaban J connectivity index is 2.89. The molecular weight excluding hydrogens is 276 g/mol. The van der Waals surface area contributed by atoms with E-state index >= 15 is 0 Å². The molecule has 122 valence electrons. The van der Waals surface area contributed by atoms with Crippen LogP contribution in [-0.4, -0.2) is 41.1 Å². The second-order valence-corrected chi connectivity index (χ2v) is 7.54. The lowest BCUT2D eigenvalue weighted by atomic mass is 10.1. The van der Waals surface area contributed by atoms with Gasteiger partial charge < -0.3 is 18.9 Å². The summed E-state index contributed by atoms with van der Waals surface area (Å²) in [4.78, 5) is 24.4. The summed E-state index contributed by atoms with van der Waals surface area (Å²) in [6.07, 6.45) is -2.26. The lowest BCUT2D eigenvalue weighted by Crippen LogP contribution is -2.43. The first-order valence-corrected chi connectivity index (χ1v) is 7.02. The van der Waals surface area contributed by atoms with E-state index in [1.165, 1.54) is 0 Å². The van der Waals surface area contributed by atoms with E-state index in [1.54, 1.807) is 55.4 Å². The Morgan fingerprint density at radius 3 is 1.33 bits per heavy atom. The van der Waals surface area contributed by atoms with E-state index in [1.807, 2.05) is 0 Å². The average molecular weight is 302 g/mol. The number of carbonyl (C=O) groups excluding carboxylic acids is 2. The van der Waals surface area contributed by atoms with Gasteiger partial charge in [-0.05, 0) is 55.4 Å². The molecule has 1 heterocycles. The normalized spacial score (nSPS) is 25.5. The Morgan fingerprint density at radius 1 is 0.810 bits per heavy atom. The molecule has 0 N–H and O–H groups in total. The Hall–Kier alpha value is -1.14. The van der Waals surface area contributed by atoms with Gasteiger partial charge in [-0.3, -0.25) is 0 Å². The lowest BCUT2D eigenvalue weighted by molar-refractivity contribution is -0.180. The molecule has 1 rings (SSSR count). The van der Waals surface area contributed by atoms with Crippen molar-refractivity contribution in [1.29, 1.82) is 0 Å². The highest BCUT2D eigenvalue weighted by Gasteiger charge is 2.51. The van der Waals surface area contributed by atoms with Crippen molar-refractivity contribution in [2.75, 3.05) is 0 Å². The van der Waals surface area contributed by atoms with Gasteiger partial charge in [0, 0.05) is 0 Å². The summed E-state index contributed by atoms with van der Waals surface area (Å²) in [5, 5.41) is 0. The minimum atomic E-state index is -1.13. The summed E-state index contributed by atoms with van der Waals surface area (Å²) in [7, 11) is 0. The molecule has 1 fully saturated rings. The largest absolute Gasteiger partial charge is 0.458 e. The number of ether oxygens (including phenoxy) is 4. The molecule has 0 bridgehead atoms. The summed E-state index contributed by atoms with van der Waals surface area (Å²) < 4.78 is 21.6. The van der Waals surface area contributed by atoms with E-state index in [9.17, 15) is 9.59 Å². The molecule has 0 saturated carbocycles. The Morgan fingerprint density at radius 2 is 1.10 bits per heavy atom. The standard InChI is InChI=1S/C15H26O6/c1-13(2,3)20-11(16)9-10(19-15(7,8)18-9)12(17)21-14(4,5)6/h9-10H,1-8H3/t9-,10-/m0/s1. The zero-order chi connectivity index (χ0) is 16.6. The third-order valence-electron chi connectivity index (χ3n) is 2.37. The summed E-state index contributed by atoms with van der Waals surface area (Å²) in [6.45, 7) is 13.7. The smallest absolute Gasteiger partial charge is 0.339 e. The highest BCUT2D eigenvalue weighted by Crippen LogP contribution is 2.31. The van der Waals surface area contributed by atoms with E-state index in [0.717, 1.165) is 0 Å². The molecule has 0 spiro atoms.